The molecular weight excluding hydrogens is 331 g/mol. The van der Waals surface area contributed by atoms with Gasteiger partial charge in [0.05, 0.1) is 0 Å². The molecule has 2 atom stereocenters. The van der Waals surface area contributed by atoms with E-state index >= 15 is 0 Å². The number of benzene rings is 1. The average Bonchev–Trinajstić information content (AvgIpc) is 2.41. The molecule has 0 radical (unpaired) electrons. The number of piperidine rings is 1. The van der Waals surface area contributed by atoms with Gasteiger partial charge in [-0.1, -0.05) is 0 Å². The lowest BCUT2D eigenvalue weighted by Gasteiger charge is -2.31. The highest BCUT2D eigenvalue weighted by Gasteiger charge is 2.40. The van der Waals surface area contributed by atoms with Gasteiger partial charge >= 0.3 is 12.1 Å². The van der Waals surface area contributed by atoms with Gasteiger partial charge < -0.3 is 10.6 Å². The van der Waals surface area contributed by atoms with E-state index in [-0.39, 0.29) is 30.8 Å². The van der Waals surface area contributed by atoms with E-state index in [2.05, 4.69) is 5.32 Å². The molecule has 2 rings (SSSR count). The highest BCUT2D eigenvalue weighted by atomic mass is 35.5. The first-order chi connectivity index (χ1) is 9.77. The number of rotatable bonds is 2. The van der Waals surface area contributed by atoms with Crippen LogP contribution in [0.4, 0.5) is 22.0 Å². The van der Waals surface area contributed by atoms with E-state index in [0.717, 1.165) is 18.2 Å². The number of hydrogen-bond donors (Lipinski definition) is 2. The molecule has 0 bridgehead atoms. The number of nitrogens with one attached hydrogen (secondary N) is 2. The highest BCUT2D eigenvalue weighted by Crippen LogP contribution is 2.27. The van der Waals surface area contributed by atoms with Crippen LogP contribution < -0.4 is 10.6 Å². The molecule has 1 aromatic rings. The van der Waals surface area contributed by atoms with Gasteiger partial charge in [0.2, 0.25) is 0 Å². The first-order valence-electron chi connectivity index (χ1n) is 6.33. The van der Waals surface area contributed by atoms with Crippen molar-refractivity contribution in [3.8, 4) is 0 Å². The minimum atomic E-state index is -4.95. The zero-order chi connectivity index (χ0) is 15.6. The molecule has 9 heteroatoms. The Morgan fingerprint density at radius 1 is 1.27 bits per heavy atom. The largest absolute Gasteiger partial charge is 0.471 e. The third-order valence-corrected chi connectivity index (χ3v) is 3.33. The van der Waals surface area contributed by atoms with Crippen LogP contribution >= 0.6 is 12.4 Å². The summed E-state index contributed by atoms with van der Waals surface area (Å²) in [6.07, 6.45) is -4.61. The summed E-state index contributed by atoms with van der Waals surface area (Å²) in [5.41, 5.74) is 0.0426. The van der Waals surface area contributed by atoms with Gasteiger partial charge in [-0.2, -0.15) is 13.2 Å². The summed E-state index contributed by atoms with van der Waals surface area (Å²) in [6, 6.07) is 1.54. The molecule has 1 fully saturated rings. The van der Waals surface area contributed by atoms with Crippen molar-refractivity contribution in [3.63, 3.8) is 0 Å². The molecule has 0 spiro atoms. The molecule has 1 aliphatic heterocycles. The molecule has 22 heavy (non-hydrogen) atoms. The van der Waals surface area contributed by atoms with E-state index in [1.807, 2.05) is 5.32 Å². The number of amides is 1. The first kappa shape index (κ1) is 18.6. The standard InChI is InChI=1S/C13H13F5N2O.ClH/c14-7-1-2-10(15)9(5-7)11-6-8(3-4-19-11)20-12(21)13(16,17)18;/h1-2,5,8,11,19H,3-4,6H2,(H,20,21);1H/t8-,11+;/m1./s1. The molecule has 124 valence electrons. The Balaban J connectivity index is 0.00000242. The average molecular weight is 345 g/mol. The van der Waals surface area contributed by atoms with Gasteiger partial charge in [-0.25, -0.2) is 8.78 Å². The van der Waals surface area contributed by atoms with Crippen molar-refractivity contribution < 1.29 is 26.7 Å². The summed E-state index contributed by atoms with van der Waals surface area (Å²) in [6.45, 7) is 0.295. The Bertz CT molecular complexity index is 538. The molecule has 2 N–H and O–H groups in total. The molecule has 1 amide bonds. The number of halogens is 6. The van der Waals surface area contributed by atoms with E-state index in [4.69, 9.17) is 0 Å². The highest BCUT2D eigenvalue weighted by molar-refractivity contribution is 5.85. The second-order valence-corrected chi connectivity index (χ2v) is 4.87. The third kappa shape index (κ3) is 4.54. The number of carbonyl (C=O) groups excluding carboxylic acids is 1. The van der Waals surface area contributed by atoms with Crippen LogP contribution in [0.5, 0.6) is 0 Å². The summed E-state index contributed by atoms with van der Waals surface area (Å²) >= 11 is 0. The van der Waals surface area contributed by atoms with Crippen LogP contribution in [0.15, 0.2) is 18.2 Å². The first-order valence-corrected chi connectivity index (χ1v) is 6.33. The van der Waals surface area contributed by atoms with Gasteiger partial charge in [0.1, 0.15) is 11.6 Å². The van der Waals surface area contributed by atoms with E-state index in [0.29, 0.717) is 6.54 Å². The van der Waals surface area contributed by atoms with E-state index in [1.165, 1.54) is 0 Å². The van der Waals surface area contributed by atoms with Gasteiger partial charge in [-0.15, -0.1) is 12.4 Å². The fourth-order valence-electron chi connectivity index (χ4n) is 2.33. The van der Waals surface area contributed by atoms with Crippen LogP contribution in [0.2, 0.25) is 0 Å². The van der Waals surface area contributed by atoms with Crippen LogP contribution in [-0.4, -0.2) is 24.7 Å². The molecule has 0 aliphatic carbocycles. The summed E-state index contributed by atoms with van der Waals surface area (Å²) < 4.78 is 63.4. The molecule has 0 saturated carbocycles. The van der Waals surface area contributed by atoms with Crippen LogP contribution in [0.3, 0.4) is 0 Å². The van der Waals surface area contributed by atoms with Gasteiger partial charge in [0, 0.05) is 17.6 Å². The number of carbonyl (C=O) groups is 1. The second kappa shape index (κ2) is 7.23. The quantitative estimate of drug-likeness (QED) is 0.810. The van der Waals surface area contributed by atoms with Crippen molar-refractivity contribution in [3.05, 3.63) is 35.4 Å². The topological polar surface area (TPSA) is 41.1 Å². The zero-order valence-corrected chi connectivity index (χ0v) is 12.0. The molecule has 0 unspecified atom stereocenters. The van der Waals surface area contributed by atoms with Crippen LogP contribution in [0.25, 0.3) is 0 Å². The molecule has 3 nitrogen and oxygen atoms in total. The number of alkyl halides is 3. The fourth-order valence-corrected chi connectivity index (χ4v) is 2.33. The van der Waals surface area contributed by atoms with E-state index in [9.17, 15) is 26.7 Å². The van der Waals surface area contributed by atoms with Gasteiger partial charge in [-0.3, -0.25) is 4.79 Å². The maximum atomic E-state index is 13.7. The summed E-state index contributed by atoms with van der Waals surface area (Å²) in [7, 11) is 0. The van der Waals surface area contributed by atoms with Crippen molar-refractivity contribution in [1.29, 1.82) is 0 Å². The van der Waals surface area contributed by atoms with Gasteiger partial charge in [0.15, 0.2) is 0 Å². The van der Waals surface area contributed by atoms with Crippen LogP contribution in [-0.2, 0) is 4.79 Å². The van der Waals surface area contributed by atoms with Crippen molar-refractivity contribution >= 4 is 18.3 Å². The van der Waals surface area contributed by atoms with Crippen molar-refractivity contribution in [2.45, 2.75) is 31.1 Å². The third-order valence-electron chi connectivity index (χ3n) is 3.33. The lowest BCUT2D eigenvalue weighted by molar-refractivity contribution is -0.174. The summed E-state index contributed by atoms with van der Waals surface area (Å²) in [4.78, 5) is 10.9. The van der Waals surface area contributed by atoms with Crippen LogP contribution in [0.1, 0.15) is 24.4 Å². The monoisotopic (exact) mass is 344 g/mol. The normalized spacial score (nSPS) is 21.9. The van der Waals surface area contributed by atoms with Crippen molar-refractivity contribution in [2.24, 2.45) is 0 Å². The summed E-state index contributed by atoms with van der Waals surface area (Å²) in [5.74, 6) is -3.29. The zero-order valence-electron chi connectivity index (χ0n) is 11.2. The minimum Gasteiger partial charge on any atom is -0.345 e. The smallest absolute Gasteiger partial charge is 0.345 e. The predicted octanol–water partition coefficient (Wildman–Crippen LogP) is 2.86. The second-order valence-electron chi connectivity index (χ2n) is 4.87. The van der Waals surface area contributed by atoms with E-state index < -0.39 is 35.8 Å². The lowest BCUT2D eigenvalue weighted by atomic mass is 9.93. The van der Waals surface area contributed by atoms with E-state index in [1.54, 1.807) is 0 Å². The predicted molar refractivity (Wildman–Crippen MR) is 71.6 cm³/mol. The molecule has 0 aromatic heterocycles. The van der Waals surface area contributed by atoms with Crippen molar-refractivity contribution in [1.82, 2.24) is 10.6 Å². The molecule has 1 aromatic carbocycles. The van der Waals surface area contributed by atoms with Gasteiger partial charge in [-0.05, 0) is 37.6 Å². The Kier molecular flexibility index (Phi) is 6.13. The Morgan fingerprint density at radius 2 is 1.95 bits per heavy atom. The minimum absolute atomic E-state index is 0. The Hall–Kier alpha value is -1.41. The van der Waals surface area contributed by atoms with Gasteiger partial charge in [0.25, 0.3) is 0 Å². The Morgan fingerprint density at radius 3 is 2.59 bits per heavy atom. The summed E-state index contributed by atoms with van der Waals surface area (Å²) in [5, 5.41) is 4.78. The Labute approximate surface area is 129 Å². The maximum absolute atomic E-state index is 13.7. The molecule has 1 heterocycles. The maximum Gasteiger partial charge on any atom is 0.471 e. The molecule has 1 aliphatic rings. The van der Waals surface area contributed by atoms with Crippen LogP contribution in [0, 0.1) is 11.6 Å². The van der Waals surface area contributed by atoms with Crippen molar-refractivity contribution in [2.75, 3.05) is 6.54 Å². The molecule has 1 saturated heterocycles. The fraction of sp³-hybridized carbons (Fsp3) is 0.462. The lowest BCUT2D eigenvalue weighted by Crippen LogP contribution is -2.48. The molecular formula is C13H14ClF5N2O. The number of hydrogen-bond acceptors (Lipinski definition) is 2. The SMILES string of the molecule is Cl.O=C(N[C@@H]1CCN[C@H](c2cc(F)ccc2F)C1)C(F)(F)F.